The van der Waals surface area contributed by atoms with Crippen molar-refractivity contribution in [2.45, 2.75) is 25.4 Å². The van der Waals surface area contributed by atoms with Crippen molar-refractivity contribution >= 4 is 41.0 Å². The predicted molar refractivity (Wildman–Crippen MR) is 137 cm³/mol. The van der Waals surface area contributed by atoms with Gasteiger partial charge in [-0.25, -0.2) is 4.79 Å². The van der Waals surface area contributed by atoms with Crippen molar-refractivity contribution in [1.29, 1.82) is 0 Å². The molecule has 0 radical (unpaired) electrons. The van der Waals surface area contributed by atoms with Crippen LogP contribution in [0.2, 0.25) is 5.02 Å². The summed E-state index contributed by atoms with van der Waals surface area (Å²) in [5.41, 5.74) is 1.17. The third kappa shape index (κ3) is 6.75. The molecule has 0 spiro atoms. The van der Waals surface area contributed by atoms with Gasteiger partial charge in [0.15, 0.2) is 0 Å². The molecule has 0 saturated carbocycles. The standard InChI is InChI=1S/C27H22ClF3N4O5/c28-19-10-8-17(9-11-19)24(38)34-15-18-5-1-2-7-21(18)35(22(36)16-34)25(40-26(39)27(29,30)31)23(37)33-14-12-20-6-3-4-13-32-20/h1-11,13,25H,12,14-16H2,(H,33,37). The maximum atomic E-state index is 13.5. The Balaban J connectivity index is 1.65. The number of aromatic nitrogens is 1. The molecule has 2 heterocycles. The van der Waals surface area contributed by atoms with Crippen LogP contribution in [0.15, 0.2) is 72.9 Å². The number of carbonyl (C=O) groups excluding carboxylic acids is 4. The van der Waals surface area contributed by atoms with Crippen molar-refractivity contribution in [2.24, 2.45) is 0 Å². The number of benzene rings is 2. The number of carbonyl (C=O) groups is 4. The molecule has 0 saturated heterocycles. The molecule has 3 amide bonds. The highest BCUT2D eigenvalue weighted by atomic mass is 35.5. The smallest absolute Gasteiger partial charge is 0.425 e. The number of anilines is 1. The normalized spacial score (nSPS) is 14.2. The van der Waals surface area contributed by atoms with E-state index in [4.69, 9.17) is 11.6 Å². The van der Waals surface area contributed by atoms with Gasteiger partial charge in [-0.3, -0.25) is 24.3 Å². The first-order valence-electron chi connectivity index (χ1n) is 11.9. The quantitative estimate of drug-likeness (QED) is 0.433. The second-order valence-electron chi connectivity index (χ2n) is 8.68. The minimum absolute atomic E-state index is 0.0127. The van der Waals surface area contributed by atoms with Crippen LogP contribution in [0, 0.1) is 0 Å². The van der Waals surface area contributed by atoms with E-state index >= 15 is 0 Å². The zero-order chi connectivity index (χ0) is 28.9. The summed E-state index contributed by atoms with van der Waals surface area (Å²) in [6.45, 7) is -0.792. The first-order chi connectivity index (χ1) is 19.0. The van der Waals surface area contributed by atoms with Gasteiger partial charge in [0.25, 0.3) is 18.0 Å². The summed E-state index contributed by atoms with van der Waals surface area (Å²) < 4.78 is 44.2. The van der Waals surface area contributed by atoms with Crippen molar-refractivity contribution in [3.63, 3.8) is 0 Å². The van der Waals surface area contributed by atoms with Crippen molar-refractivity contribution in [3.05, 3.63) is 94.8 Å². The van der Waals surface area contributed by atoms with Crippen LogP contribution in [0.1, 0.15) is 21.6 Å². The number of halogens is 4. The minimum Gasteiger partial charge on any atom is -0.425 e. The van der Waals surface area contributed by atoms with E-state index in [0.29, 0.717) is 21.2 Å². The van der Waals surface area contributed by atoms with E-state index in [0.717, 1.165) is 0 Å². The zero-order valence-electron chi connectivity index (χ0n) is 20.7. The maximum absolute atomic E-state index is 13.5. The molecule has 2 aromatic carbocycles. The highest BCUT2D eigenvalue weighted by Crippen LogP contribution is 2.30. The Labute approximate surface area is 231 Å². The van der Waals surface area contributed by atoms with Gasteiger partial charge in [0.05, 0.1) is 5.69 Å². The fourth-order valence-corrected chi connectivity index (χ4v) is 4.16. The SMILES string of the molecule is O=C(NCCc1ccccn1)C(OC(=O)C(F)(F)F)N1C(=O)CN(C(=O)c2ccc(Cl)cc2)Cc2ccccc21. The Morgan fingerprint density at radius 1 is 1.00 bits per heavy atom. The lowest BCUT2D eigenvalue weighted by molar-refractivity contribution is -0.205. The number of para-hydroxylation sites is 1. The molecule has 1 aromatic heterocycles. The number of nitrogens with zero attached hydrogens (tertiary/aromatic N) is 3. The van der Waals surface area contributed by atoms with E-state index in [-0.39, 0.29) is 30.8 Å². The molecule has 208 valence electrons. The number of hydrogen-bond acceptors (Lipinski definition) is 6. The van der Waals surface area contributed by atoms with Crippen LogP contribution in [0.4, 0.5) is 18.9 Å². The third-order valence-electron chi connectivity index (χ3n) is 5.90. The lowest BCUT2D eigenvalue weighted by atomic mass is 10.1. The molecule has 0 aliphatic carbocycles. The first kappa shape index (κ1) is 28.6. The number of esters is 1. The van der Waals surface area contributed by atoms with Gasteiger partial charge in [-0.1, -0.05) is 35.9 Å². The van der Waals surface area contributed by atoms with Crippen LogP contribution >= 0.6 is 11.6 Å². The van der Waals surface area contributed by atoms with E-state index in [1.807, 2.05) is 0 Å². The number of ether oxygens (including phenoxy) is 1. The van der Waals surface area contributed by atoms with Crippen LogP contribution < -0.4 is 10.2 Å². The van der Waals surface area contributed by atoms with Crippen LogP contribution in [-0.2, 0) is 32.1 Å². The Kier molecular flexibility index (Phi) is 8.68. The van der Waals surface area contributed by atoms with E-state index in [1.54, 1.807) is 30.3 Å². The molecule has 13 heteroatoms. The molecule has 1 aliphatic heterocycles. The number of hydrogen-bond donors (Lipinski definition) is 1. The number of amides is 3. The summed E-state index contributed by atoms with van der Waals surface area (Å²) in [5, 5.41) is 2.80. The molecule has 1 aliphatic rings. The summed E-state index contributed by atoms with van der Waals surface area (Å²) in [6.07, 6.45) is -5.98. The van der Waals surface area contributed by atoms with Crippen LogP contribution in [0.5, 0.6) is 0 Å². The van der Waals surface area contributed by atoms with Crippen molar-refractivity contribution in [2.75, 3.05) is 18.0 Å². The number of nitrogens with one attached hydrogen (secondary N) is 1. The van der Waals surface area contributed by atoms with Gasteiger partial charge >= 0.3 is 12.1 Å². The molecule has 1 atom stereocenters. The monoisotopic (exact) mass is 574 g/mol. The summed E-state index contributed by atoms with van der Waals surface area (Å²) in [5.74, 6) is -5.30. The van der Waals surface area contributed by atoms with E-state index in [2.05, 4.69) is 15.0 Å². The molecule has 1 unspecified atom stereocenters. The third-order valence-corrected chi connectivity index (χ3v) is 6.15. The highest BCUT2D eigenvalue weighted by molar-refractivity contribution is 6.30. The van der Waals surface area contributed by atoms with E-state index < -0.39 is 42.6 Å². The summed E-state index contributed by atoms with van der Waals surface area (Å²) >= 11 is 5.90. The van der Waals surface area contributed by atoms with Crippen molar-refractivity contribution < 1.29 is 37.1 Å². The van der Waals surface area contributed by atoms with Gasteiger partial charge < -0.3 is 15.0 Å². The second kappa shape index (κ2) is 12.2. The Morgan fingerprint density at radius 3 is 2.38 bits per heavy atom. The Morgan fingerprint density at radius 2 is 1.70 bits per heavy atom. The second-order valence-corrected chi connectivity index (χ2v) is 9.11. The molecule has 3 aromatic rings. The molecule has 9 nitrogen and oxygen atoms in total. The van der Waals surface area contributed by atoms with Gasteiger partial charge in [-0.15, -0.1) is 0 Å². The van der Waals surface area contributed by atoms with Gasteiger partial charge in [0, 0.05) is 42.0 Å². The molecule has 40 heavy (non-hydrogen) atoms. The Hall–Kier alpha value is -4.45. The molecule has 4 rings (SSSR count). The van der Waals surface area contributed by atoms with Crippen LogP contribution in [0.25, 0.3) is 0 Å². The molecular formula is C27H22ClF3N4O5. The average Bonchev–Trinajstić information content (AvgIpc) is 3.07. The summed E-state index contributed by atoms with van der Waals surface area (Å²) in [6, 6.07) is 17.1. The topological polar surface area (TPSA) is 109 Å². The first-order valence-corrected chi connectivity index (χ1v) is 12.3. The molecule has 0 fully saturated rings. The zero-order valence-corrected chi connectivity index (χ0v) is 21.5. The van der Waals surface area contributed by atoms with E-state index in [1.165, 1.54) is 47.5 Å². The minimum atomic E-state index is -5.43. The van der Waals surface area contributed by atoms with Gasteiger partial charge in [0.2, 0.25) is 5.91 Å². The van der Waals surface area contributed by atoms with Gasteiger partial charge in [0.1, 0.15) is 6.54 Å². The molecule has 1 N–H and O–H groups in total. The van der Waals surface area contributed by atoms with Crippen LogP contribution in [0.3, 0.4) is 0 Å². The average molecular weight is 575 g/mol. The number of alkyl halides is 3. The fraction of sp³-hybridized carbons (Fsp3) is 0.222. The molecular weight excluding hydrogens is 553 g/mol. The maximum Gasteiger partial charge on any atom is 0.491 e. The molecule has 0 bridgehead atoms. The van der Waals surface area contributed by atoms with E-state index in [9.17, 15) is 32.3 Å². The number of rotatable bonds is 7. The lowest BCUT2D eigenvalue weighted by Crippen LogP contribution is -2.55. The Bertz CT molecular complexity index is 1400. The van der Waals surface area contributed by atoms with Gasteiger partial charge in [-0.05, 0) is 48.0 Å². The van der Waals surface area contributed by atoms with Gasteiger partial charge in [-0.2, -0.15) is 13.2 Å². The van der Waals surface area contributed by atoms with Crippen molar-refractivity contribution in [1.82, 2.24) is 15.2 Å². The largest absolute Gasteiger partial charge is 0.491 e. The predicted octanol–water partition coefficient (Wildman–Crippen LogP) is 3.51. The highest BCUT2D eigenvalue weighted by Gasteiger charge is 2.46. The fourth-order valence-electron chi connectivity index (χ4n) is 4.03. The lowest BCUT2D eigenvalue weighted by Gasteiger charge is -2.30. The van der Waals surface area contributed by atoms with Crippen LogP contribution in [-0.4, -0.2) is 59.1 Å². The number of fused-ring (bicyclic) bond motifs is 1. The summed E-state index contributed by atoms with van der Waals surface area (Å²) in [4.78, 5) is 57.7. The number of pyridine rings is 1. The summed E-state index contributed by atoms with van der Waals surface area (Å²) in [7, 11) is 0. The van der Waals surface area contributed by atoms with Crippen molar-refractivity contribution in [3.8, 4) is 0 Å².